The Morgan fingerprint density at radius 2 is 2.00 bits per heavy atom. The Labute approximate surface area is 150 Å². The zero-order valence-electron chi connectivity index (χ0n) is 15.5. The summed E-state index contributed by atoms with van der Waals surface area (Å²) in [6.45, 7) is 4.92. The SMILES string of the molecule is Cc1cccc(OCCNC(=O)CN2CCC(C(=O)N(C)C)CC2)c1. The van der Waals surface area contributed by atoms with Crippen molar-refractivity contribution in [2.45, 2.75) is 19.8 Å². The van der Waals surface area contributed by atoms with Crippen LogP contribution in [-0.2, 0) is 9.59 Å². The molecule has 0 atom stereocenters. The first-order chi connectivity index (χ1) is 12.0. The molecule has 0 aromatic heterocycles. The molecule has 2 amide bonds. The molecule has 138 valence electrons. The van der Waals surface area contributed by atoms with Crippen molar-refractivity contribution >= 4 is 11.8 Å². The molecule has 25 heavy (non-hydrogen) atoms. The highest BCUT2D eigenvalue weighted by molar-refractivity contribution is 5.79. The van der Waals surface area contributed by atoms with Crippen LogP contribution in [0.2, 0.25) is 0 Å². The number of carbonyl (C=O) groups is 2. The second kappa shape index (κ2) is 9.42. The minimum Gasteiger partial charge on any atom is -0.492 e. The Balaban J connectivity index is 1.60. The van der Waals surface area contributed by atoms with E-state index in [4.69, 9.17) is 4.74 Å². The van der Waals surface area contributed by atoms with Gasteiger partial charge in [-0.2, -0.15) is 0 Å². The number of ether oxygens (including phenoxy) is 1. The van der Waals surface area contributed by atoms with Gasteiger partial charge in [0.05, 0.1) is 13.1 Å². The molecule has 0 aliphatic carbocycles. The lowest BCUT2D eigenvalue weighted by molar-refractivity contribution is -0.134. The molecule has 1 aliphatic heterocycles. The van der Waals surface area contributed by atoms with Gasteiger partial charge in [-0.1, -0.05) is 12.1 Å². The van der Waals surface area contributed by atoms with Crippen molar-refractivity contribution in [3.05, 3.63) is 29.8 Å². The predicted molar refractivity (Wildman–Crippen MR) is 97.5 cm³/mol. The highest BCUT2D eigenvalue weighted by Crippen LogP contribution is 2.18. The fraction of sp³-hybridized carbons (Fsp3) is 0.579. The van der Waals surface area contributed by atoms with E-state index in [-0.39, 0.29) is 17.7 Å². The van der Waals surface area contributed by atoms with E-state index in [9.17, 15) is 9.59 Å². The maximum Gasteiger partial charge on any atom is 0.234 e. The Morgan fingerprint density at radius 1 is 1.28 bits per heavy atom. The molecule has 2 rings (SSSR count). The molecule has 6 nitrogen and oxygen atoms in total. The van der Waals surface area contributed by atoms with Crippen LogP contribution in [-0.4, -0.2) is 68.5 Å². The van der Waals surface area contributed by atoms with Gasteiger partial charge in [0.25, 0.3) is 0 Å². The van der Waals surface area contributed by atoms with E-state index in [2.05, 4.69) is 10.2 Å². The second-order valence-corrected chi connectivity index (χ2v) is 6.80. The lowest BCUT2D eigenvalue weighted by Crippen LogP contribution is -2.44. The summed E-state index contributed by atoms with van der Waals surface area (Å²) < 4.78 is 5.62. The van der Waals surface area contributed by atoms with Gasteiger partial charge in [-0.25, -0.2) is 0 Å². The van der Waals surface area contributed by atoms with Crippen LogP contribution in [0, 0.1) is 12.8 Å². The third-order valence-corrected chi connectivity index (χ3v) is 4.43. The quantitative estimate of drug-likeness (QED) is 0.755. The van der Waals surface area contributed by atoms with Crippen LogP contribution < -0.4 is 10.1 Å². The minimum absolute atomic E-state index is 0.00484. The zero-order chi connectivity index (χ0) is 18.2. The summed E-state index contributed by atoms with van der Waals surface area (Å²) in [6.07, 6.45) is 1.64. The normalized spacial score (nSPS) is 15.6. The first-order valence-electron chi connectivity index (χ1n) is 8.85. The van der Waals surface area contributed by atoms with Gasteiger partial charge in [-0.05, 0) is 50.6 Å². The maximum atomic E-state index is 12.0. The van der Waals surface area contributed by atoms with Crippen molar-refractivity contribution in [3.63, 3.8) is 0 Å². The van der Waals surface area contributed by atoms with Gasteiger partial charge in [0.1, 0.15) is 12.4 Å². The average molecular weight is 347 g/mol. The molecule has 1 N–H and O–H groups in total. The van der Waals surface area contributed by atoms with E-state index in [1.54, 1.807) is 19.0 Å². The summed E-state index contributed by atoms with van der Waals surface area (Å²) in [6, 6.07) is 7.85. The second-order valence-electron chi connectivity index (χ2n) is 6.80. The number of amides is 2. The molecular formula is C19H29N3O3. The number of hydrogen-bond donors (Lipinski definition) is 1. The topological polar surface area (TPSA) is 61.9 Å². The van der Waals surface area contributed by atoms with Gasteiger partial charge < -0.3 is 15.0 Å². The number of aryl methyl sites for hydroxylation is 1. The van der Waals surface area contributed by atoms with Gasteiger partial charge in [-0.3, -0.25) is 14.5 Å². The van der Waals surface area contributed by atoms with Gasteiger partial charge in [-0.15, -0.1) is 0 Å². The van der Waals surface area contributed by atoms with Crippen LogP contribution in [0.4, 0.5) is 0 Å². The molecule has 1 aromatic rings. The standard InChI is InChI=1S/C19H29N3O3/c1-15-5-4-6-17(13-15)25-12-9-20-18(23)14-22-10-7-16(8-11-22)19(24)21(2)3/h4-6,13,16H,7-12,14H2,1-3H3,(H,20,23). The first-order valence-corrected chi connectivity index (χ1v) is 8.85. The summed E-state index contributed by atoms with van der Waals surface area (Å²) in [4.78, 5) is 27.7. The molecule has 1 aromatic carbocycles. The van der Waals surface area contributed by atoms with Gasteiger partial charge >= 0.3 is 0 Å². The Bertz CT molecular complexity index is 581. The molecule has 0 saturated carbocycles. The van der Waals surface area contributed by atoms with Crippen molar-refractivity contribution in [2.24, 2.45) is 5.92 Å². The smallest absolute Gasteiger partial charge is 0.234 e. The minimum atomic E-state index is 0.00484. The fourth-order valence-electron chi connectivity index (χ4n) is 3.03. The van der Waals surface area contributed by atoms with Gasteiger partial charge in [0.15, 0.2) is 0 Å². The number of nitrogens with zero attached hydrogens (tertiary/aromatic N) is 2. The van der Waals surface area contributed by atoms with Crippen LogP contribution in [0.1, 0.15) is 18.4 Å². The molecule has 1 heterocycles. The zero-order valence-corrected chi connectivity index (χ0v) is 15.5. The van der Waals surface area contributed by atoms with Crippen LogP contribution >= 0.6 is 0 Å². The van der Waals surface area contributed by atoms with E-state index in [1.165, 1.54) is 0 Å². The Morgan fingerprint density at radius 3 is 2.64 bits per heavy atom. The number of carbonyl (C=O) groups excluding carboxylic acids is 2. The van der Waals surface area contributed by atoms with Crippen molar-refractivity contribution < 1.29 is 14.3 Å². The number of likely N-dealkylation sites (tertiary alicyclic amines) is 1. The highest BCUT2D eigenvalue weighted by Gasteiger charge is 2.26. The summed E-state index contributed by atoms with van der Waals surface area (Å²) in [7, 11) is 3.59. The third-order valence-electron chi connectivity index (χ3n) is 4.43. The lowest BCUT2D eigenvalue weighted by atomic mass is 9.95. The molecule has 1 saturated heterocycles. The third kappa shape index (κ3) is 6.38. The van der Waals surface area contributed by atoms with Crippen molar-refractivity contribution in [2.75, 3.05) is 46.9 Å². The van der Waals surface area contributed by atoms with E-state index >= 15 is 0 Å². The van der Waals surface area contributed by atoms with Crippen LogP contribution in [0.25, 0.3) is 0 Å². The molecule has 0 radical (unpaired) electrons. The van der Waals surface area contributed by atoms with E-state index in [0.29, 0.717) is 19.7 Å². The molecular weight excluding hydrogens is 318 g/mol. The monoisotopic (exact) mass is 347 g/mol. The number of nitrogens with one attached hydrogen (secondary N) is 1. The van der Waals surface area contributed by atoms with Crippen LogP contribution in [0.15, 0.2) is 24.3 Å². The summed E-state index contributed by atoms with van der Waals surface area (Å²) in [5.74, 6) is 1.11. The Hall–Kier alpha value is -2.08. The summed E-state index contributed by atoms with van der Waals surface area (Å²) in [5, 5.41) is 2.89. The van der Waals surface area contributed by atoms with E-state index < -0.39 is 0 Å². The van der Waals surface area contributed by atoms with Crippen LogP contribution in [0.5, 0.6) is 5.75 Å². The number of hydrogen-bond acceptors (Lipinski definition) is 4. The van der Waals surface area contributed by atoms with E-state index in [1.807, 2.05) is 31.2 Å². The largest absolute Gasteiger partial charge is 0.492 e. The number of piperidine rings is 1. The molecule has 0 spiro atoms. The molecule has 0 unspecified atom stereocenters. The molecule has 1 fully saturated rings. The fourth-order valence-corrected chi connectivity index (χ4v) is 3.03. The van der Waals surface area contributed by atoms with Crippen molar-refractivity contribution in [1.29, 1.82) is 0 Å². The lowest BCUT2D eigenvalue weighted by Gasteiger charge is -2.31. The van der Waals surface area contributed by atoms with Gasteiger partial charge in [0, 0.05) is 20.0 Å². The van der Waals surface area contributed by atoms with Gasteiger partial charge in [0.2, 0.25) is 11.8 Å². The van der Waals surface area contributed by atoms with Crippen LogP contribution in [0.3, 0.4) is 0 Å². The maximum absolute atomic E-state index is 12.0. The first kappa shape index (κ1) is 19.2. The average Bonchev–Trinajstić information content (AvgIpc) is 2.59. The molecule has 1 aliphatic rings. The van der Waals surface area contributed by atoms with Crippen molar-refractivity contribution in [1.82, 2.24) is 15.1 Å². The molecule has 0 bridgehead atoms. The predicted octanol–water partition coefficient (Wildman–Crippen LogP) is 1.29. The van der Waals surface area contributed by atoms with E-state index in [0.717, 1.165) is 37.2 Å². The number of benzene rings is 1. The number of rotatable bonds is 7. The summed E-state index contributed by atoms with van der Waals surface area (Å²) in [5.41, 5.74) is 1.15. The highest BCUT2D eigenvalue weighted by atomic mass is 16.5. The Kier molecular flexibility index (Phi) is 7.25. The molecule has 6 heteroatoms. The van der Waals surface area contributed by atoms with Crippen molar-refractivity contribution in [3.8, 4) is 5.75 Å². The summed E-state index contributed by atoms with van der Waals surface area (Å²) >= 11 is 0.